The molecule has 3 aromatic carbocycles. The summed E-state index contributed by atoms with van der Waals surface area (Å²) in [7, 11) is 0. The summed E-state index contributed by atoms with van der Waals surface area (Å²) in [6.07, 6.45) is -10.2. The zero-order valence-corrected chi connectivity index (χ0v) is 22.2. The summed E-state index contributed by atoms with van der Waals surface area (Å²) >= 11 is 0. The van der Waals surface area contributed by atoms with Crippen LogP contribution in [0.25, 0.3) is 11.1 Å². The minimum Gasteiger partial charge on any atom is -0.192 e. The van der Waals surface area contributed by atoms with E-state index in [1.165, 1.54) is 48.6 Å². The van der Waals surface area contributed by atoms with E-state index in [2.05, 4.69) is 0 Å². The van der Waals surface area contributed by atoms with Crippen molar-refractivity contribution < 1.29 is 26.3 Å². The highest BCUT2D eigenvalue weighted by atomic mass is 19.4. The molecule has 3 aromatic rings. The van der Waals surface area contributed by atoms with Crippen LogP contribution in [0.3, 0.4) is 0 Å². The van der Waals surface area contributed by atoms with Gasteiger partial charge in [0.25, 0.3) is 0 Å². The summed E-state index contributed by atoms with van der Waals surface area (Å²) in [5.74, 6) is 0. The molecule has 0 amide bonds. The van der Waals surface area contributed by atoms with E-state index >= 15 is 0 Å². The van der Waals surface area contributed by atoms with Gasteiger partial charge in [-0.15, -0.1) is 0 Å². The van der Waals surface area contributed by atoms with Crippen molar-refractivity contribution in [3.8, 4) is 54.6 Å². The number of nitrogens with zero attached hydrogens (tertiary/aromatic N) is 9. The largest absolute Gasteiger partial charge is 0.416 e. The normalized spacial score (nSPS) is 11.8. The summed E-state index contributed by atoms with van der Waals surface area (Å²) in [4.78, 5) is 0. The molecule has 0 radical (unpaired) electrons. The Morgan fingerprint density at radius 1 is 0.435 bits per heavy atom. The van der Waals surface area contributed by atoms with Gasteiger partial charge in [-0.3, -0.25) is 0 Å². The maximum absolute atomic E-state index is 13.7. The Kier molecular flexibility index (Phi) is 8.81. The number of halogens is 6. The van der Waals surface area contributed by atoms with Crippen molar-refractivity contribution >= 4 is 11.1 Å². The number of benzene rings is 3. The molecular weight excluding hydrogens is 612 g/mol. The van der Waals surface area contributed by atoms with Crippen LogP contribution < -0.4 is 10.4 Å². The third-order valence-electron chi connectivity index (χ3n) is 6.35. The maximum Gasteiger partial charge on any atom is 0.416 e. The highest BCUT2D eigenvalue weighted by molar-refractivity contribution is 5.86. The van der Waals surface area contributed by atoms with E-state index in [4.69, 9.17) is 0 Å². The van der Waals surface area contributed by atoms with Crippen LogP contribution in [-0.4, -0.2) is 0 Å². The third kappa shape index (κ3) is 5.58. The Balaban J connectivity index is 2.81. The Morgan fingerprint density at radius 3 is 1.15 bits per heavy atom. The van der Waals surface area contributed by atoms with Gasteiger partial charge in [0.2, 0.25) is 0 Å². The fourth-order valence-corrected chi connectivity index (χ4v) is 4.40. The van der Waals surface area contributed by atoms with Crippen molar-refractivity contribution in [3.05, 3.63) is 102 Å². The molecule has 0 bridgehead atoms. The van der Waals surface area contributed by atoms with Gasteiger partial charge in [-0.05, 0) is 30.3 Å². The van der Waals surface area contributed by atoms with E-state index < -0.39 is 95.1 Å². The van der Waals surface area contributed by atoms with Gasteiger partial charge in [0, 0.05) is 21.6 Å². The van der Waals surface area contributed by atoms with Crippen LogP contribution in [-0.2, 0) is 12.4 Å². The topological polar surface area (TPSA) is 214 Å². The molecule has 0 aliphatic rings. The van der Waals surface area contributed by atoms with E-state index in [0.717, 1.165) is 0 Å². The predicted molar refractivity (Wildman–Crippen MR) is 138 cm³/mol. The molecule has 15 heteroatoms. The Morgan fingerprint density at radius 2 is 0.826 bits per heavy atom. The quantitative estimate of drug-likeness (QED) is 0.375. The highest BCUT2D eigenvalue weighted by Gasteiger charge is 2.34. The van der Waals surface area contributed by atoms with Crippen LogP contribution in [0.1, 0.15) is 61.2 Å². The number of hydrogen-bond acceptors (Lipinski definition) is 9. The lowest BCUT2D eigenvalue weighted by atomic mass is 9.87. The molecule has 0 aliphatic carbocycles. The molecule has 0 atom stereocenters. The molecule has 9 nitrogen and oxygen atoms in total. The summed E-state index contributed by atoms with van der Waals surface area (Å²) < 4.78 is 82.0. The smallest absolute Gasteiger partial charge is 0.192 e. The minimum atomic E-state index is -5.10. The third-order valence-corrected chi connectivity index (χ3v) is 6.35. The Bertz CT molecular complexity index is 2390. The molecule has 0 fully saturated rings. The second-order valence-corrected chi connectivity index (χ2v) is 8.74. The van der Waals surface area contributed by atoms with E-state index in [0.29, 0.717) is 30.3 Å². The SMILES string of the molecule is N#C/C(c1cc(C(F)(F)F)cc(C#N)c1C#N)=c1\cc(C#N)/c(=C(\C#N)c2cc(C(F)(F)F)cc(C#N)c2C#N)c(C#N)c1C#N. The second-order valence-electron chi connectivity index (χ2n) is 8.74. The number of alkyl halides is 6. The molecule has 3 rings (SSSR count). The standard InChI is InChI=1S/C31H5F6N9/c32-30(33,34)18-1-15(6-38)23(9-41)21(4-18)25(11-43)20-3-17(8-40)29(28(14-46)26(20)12-44)27(13-45)22-5-19(31(35,36)37)2-16(7-39)24(22)10-42/h1-5H/b25-20-,29-27-. The van der Waals surface area contributed by atoms with Crippen molar-refractivity contribution in [1.29, 1.82) is 47.4 Å². The van der Waals surface area contributed by atoms with Gasteiger partial charge in [0.15, 0.2) is 0 Å². The van der Waals surface area contributed by atoms with Crippen LogP contribution in [0.15, 0.2) is 30.3 Å². The lowest BCUT2D eigenvalue weighted by Gasteiger charge is -2.13. The molecule has 0 spiro atoms. The first kappa shape index (κ1) is 32.9. The second kappa shape index (κ2) is 12.3. The summed E-state index contributed by atoms with van der Waals surface area (Å²) in [5.41, 5.74) is -12.0. The summed E-state index contributed by atoms with van der Waals surface area (Å²) in [5, 5.41) is 86.8. The molecule has 0 saturated heterocycles. The molecule has 0 aromatic heterocycles. The zero-order chi connectivity index (χ0) is 34.6. The van der Waals surface area contributed by atoms with Gasteiger partial charge >= 0.3 is 12.4 Å². The first-order valence-corrected chi connectivity index (χ1v) is 11.8. The van der Waals surface area contributed by atoms with E-state index in [1.54, 1.807) is 6.07 Å². The van der Waals surface area contributed by atoms with Crippen LogP contribution in [0, 0.1) is 102 Å². The molecule has 46 heavy (non-hydrogen) atoms. The van der Waals surface area contributed by atoms with E-state index in [1.807, 2.05) is 0 Å². The molecular formula is C31H5F6N9. The molecule has 0 unspecified atom stereocenters. The number of nitriles is 9. The van der Waals surface area contributed by atoms with Gasteiger partial charge in [-0.25, -0.2) is 0 Å². The number of rotatable bonds is 2. The van der Waals surface area contributed by atoms with Crippen molar-refractivity contribution in [1.82, 2.24) is 0 Å². The Hall–Kier alpha value is -7.61. The van der Waals surface area contributed by atoms with Crippen LogP contribution in [0.4, 0.5) is 26.3 Å². The van der Waals surface area contributed by atoms with E-state index in [-0.39, 0.29) is 0 Å². The predicted octanol–water partition coefficient (Wildman–Crippen LogP) is 4.27. The van der Waals surface area contributed by atoms with Crippen LogP contribution in [0.2, 0.25) is 0 Å². The molecule has 0 heterocycles. The lowest BCUT2D eigenvalue weighted by Crippen LogP contribution is -2.27. The maximum atomic E-state index is 13.7. The Labute approximate surface area is 253 Å². The van der Waals surface area contributed by atoms with Crippen LogP contribution in [0.5, 0.6) is 0 Å². The average Bonchev–Trinajstić information content (AvgIpc) is 3.03. The van der Waals surface area contributed by atoms with Crippen molar-refractivity contribution in [2.45, 2.75) is 12.4 Å². The molecule has 0 N–H and O–H groups in total. The molecule has 216 valence electrons. The number of hydrogen-bond donors (Lipinski definition) is 0. The summed E-state index contributed by atoms with van der Waals surface area (Å²) in [6.45, 7) is 0. The first-order valence-electron chi connectivity index (χ1n) is 11.8. The average molecular weight is 617 g/mol. The van der Waals surface area contributed by atoms with Gasteiger partial charge in [-0.1, -0.05) is 0 Å². The zero-order valence-electron chi connectivity index (χ0n) is 22.2. The van der Waals surface area contributed by atoms with Crippen LogP contribution >= 0.6 is 0 Å². The van der Waals surface area contributed by atoms with Gasteiger partial charge in [0.1, 0.15) is 48.6 Å². The van der Waals surface area contributed by atoms with Gasteiger partial charge in [0.05, 0.1) is 67.3 Å². The van der Waals surface area contributed by atoms with Crippen molar-refractivity contribution in [2.75, 3.05) is 0 Å². The van der Waals surface area contributed by atoms with Crippen molar-refractivity contribution in [2.24, 2.45) is 0 Å². The fourth-order valence-electron chi connectivity index (χ4n) is 4.40. The monoisotopic (exact) mass is 617 g/mol. The fraction of sp³-hybridized carbons (Fsp3) is 0.0645. The first-order chi connectivity index (χ1) is 21.7. The minimum absolute atomic E-state index is 0.318. The van der Waals surface area contributed by atoms with E-state index in [9.17, 15) is 73.7 Å². The highest BCUT2D eigenvalue weighted by Crippen LogP contribution is 2.35. The summed E-state index contributed by atoms with van der Waals surface area (Å²) in [6, 6.07) is 15.4. The van der Waals surface area contributed by atoms with Gasteiger partial charge < -0.3 is 0 Å². The lowest BCUT2D eigenvalue weighted by molar-refractivity contribution is -0.138. The van der Waals surface area contributed by atoms with Crippen molar-refractivity contribution in [3.63, 3.8) is 0 Å². The molecule has 0 aliphatic heterocycles. The van der Waals surface area contributed by atoms with Gasteiger partial charge in [-0.2, -0.15) is 73.7 Å². The molecule has 0 saturated carbocycles.